The number of carboxylic acid groups (broad SMARTS) is 1. The molecule has 0 bridgehead atoms. The molecular formula is C13H17N3O5. The first-order chi connectivity index (χ1) is 9.94. The van der Waals surface area contributed by atoms with Gasteiger partial charge in [-0.15, -0.1) is 0 Å². The second kappa shape index (κ2) is 6.38. The van der Waals surface area contributed by atoms with E-state index in [1.54, 1.807) is 0 Å². The van der Waals surface area contributed by atoms with Crippen LogP contribution in [0.4, 0.5) is 0 Å². The van der Waals surface area contributed by atoms with E-state index in [0.717, 1.165) is 0 Å². The molecule has 0 atom stereocenters. The summed E-state index contributed by atoms with van der Waals surface area (Å²) in [6, 6.07) is 1.12. The number of hydrogen-bond donors (Lipinski definition) is 4. The number of rotatable bonds is 4. The van der Waals surface area contributed by atoms with E-state index in [4.69, 9.17) is 5.11 Å². The molecule has 8 heteroatoms. The predicted molar refractivity (Wildman–Crippen MR) is 72.9 cm³/mol. The Balaban J connectivity index is 1.87. The van der Waals surface area contributed by atoms with Gasteiger partial charge in [-0.25, -0.2) is 4.79 Å². The summed E-state index contributed by atoms with van der Waals surface area (Å²) in [7, 11) is 0. The number of aliphatic carboxylic acids is 1. The van der Waals surface area contributed by atoms with Gasteiger partial charge in [0.05, 0.1) is 12.3 Å². The number of carbonyl (C=O) groups excluding carboxylic acids is 1. The van der Waals surface area contributed by atoms with Crippen LogP contribution in [0.5, 0.6) is 0 Å². The highest BCUT2D eigenvalue weighted by molar-refractivity contribution is 5.78. The van der Waals surface area contributed by atoms with E-state index in [1.807, 2.05) is 4.98 Å². The molecule has 1 aromatic rings. The average molecular weight is 295 g/mol. The Labute approximate surface area is 119 Å². The molecule has 8 nitrogen and oxygen atoms in total. The van der Waals surface area contributed by atoms with Gasteiger partial charge in [0.2, 0.25) is 5.91 Å². The minimum Gasteiger partial charge on any atom is -0.481 e. The van der Waals surface area contributed by atoms with Crippen LogP contribution < -0.4 is 16.6 Å². The van der Waals surface area contributed by atoms with Crippen molar-refractivity contribution in [2.75, 3.05) is 0 Å². The van der Waals surface area contributed by atoms with Gasteiger partial charge in [0.1, 0.15) is 0 Å². The molecule has 114 valence electrons. The lowest BCUT2D eigenvalue weighted by molar-refractivity contribution is -0.142. The zero-order chi connectivity index (χ0) is 15.4. The Morgan fingerprint density at radius 3 is 2.43 bits per heavy atom. The van der Waals surface area contributed by atoms with Gasteiger partial charge in [0.15, 0.2) is 0 Å². The summed E-state index contributed by atoms with van der Waals surface area (Å²) < 4.78 is 0. The van der Waals surface area contributed by atoms with Crippen molar-refractivity contribution in [2.45, 2.75) is 38.1 Å². The maximum atomic E-state index is 11.9. The number of nitrogens with one attached hydrogen (secondary N) is 3. The third-order valence-corrected chi connectivity index (χ3v) is 3.61. The molecule has 0 radical (unpaired) electrons. The first-order valence-electron chi connectivity index (χ1n) is 6.78. The van der Waals surface area contributed by atoms with Crippen LogP contribution in [-0.2, 0) is 16.0 Å². The van der Waals surface area contributed by atoms with Crippen LogP contribution in [0.2, 0.25) is 0 Å². The van der Waals surface area contributed by atoms with Crippen LogP contribution in [0, 0.1) is 5.92 Å². The van der Waals surface area contributed by atoms with Gasteiger partial charge >= 0.3 is 11.7 Å². The molecule has 1 heterocycles. The van der Waals surface area contributed by atoms with Gasteiger partial charge in [-0.1, -0.05) is 0 Å². The lowest BCUT2D eigenvalue weighted by Gasteiger charge is -2.26. The van der Waals surface area contributed by atoms with Gasteiger partial charge in [-0.3, -0.25) is 19.4 Å². The second-order valence-corrected chi connectivity index (χ2v) is 5.24. The van der Waals surface area contributed by atoms with E-state index in [-0.39, 0.29) is 30.0 Å². The smallest absolute Gasteiger partial charge is 0.325 e. The minimum absolute atomic E-state index is 0.0539. The zero-order valence-electron chi connectivity index (χ0n) is 11.3. The Morgan fingerprint density at radius 2 is 1.86 bits per heavy atom. The summed E-state index contributed by atoms with van der Waals surface area (Å²) in [5.41, 5.74) is -0.948. The Morgan fingerprint density at radius 1 is 1.19 bits per heavy atom. The average Bonchev–Trinajstić information content (AvgIpc) is 2.37. The molecule has 21 heavy (non-hydrogen) atoms. The maximum absolute atomic E-state index is 11.9. The summed E-state index contributed by atoms with van der Waals surface area (Å²) >= 11 is 0. The molecule has 2 rings (SSSR count). The van der Waals surface area contributed by atoms with Gasteiger partial charge < -0.3 is 15.4 Å². The summed E-state index contributed by atoms with van der Waals surface area (Å²) in [5, 5.41) is 11.7. The quantitative estimate of drug-likeness (QED) is 0.587. The lowest BCUT2D eigenvalue weighted by Crippen LogP contribution is -2.40. The summed E-state index contributed by atoms with van der Waals surface area (Å²) in [5.74, 6) is -1.42. The molecule has 0 aromatic carbocycles. The number of H-pyrrole nitrogens is 2. The highest BCUT2D eigenvalue weighted by atomic mass is 16.4. The molecule has 1 fully saturated rings. The van der Waals surface area contributed by atoms with Crippen molar-refractivity contribution in [3.05, 3.63) is 32.6 Å². The first kappa shape index (κ1) is 15.0. The lowest BCUT2D eigenvalue weighted by atomic mass is 9.86. The molecule has 1 saturated carbocycles. The Hall–Kier alpha value is -2.38. The van der Waals surface area contributed by atoms with Crippen molar-refractivity contribution in [2.24, 2.45) is 5.92 Å². The van der Waals surface area contributed by atoms with Crippen LogP contribution in [0.1, 0.15) is 31.4 Å². The number of carboxylic acids is 1. The van der Waals surface area contributed by atoms with E-state index in [1.165, 1.54) is 6.07 Å². The van der Waals surface area contributed by atoms with Crippen molar-refractivity contribution in [1.29, 1.82) is 0 Å². The fourth-order valence-electron chi connectivity index (χ4n) is 2.55. The van der Waals surface area contributed by atoms with E-state index in [9.17, 15) is 19.2 Å². The summed E-state index contributed by atoms with van der Waals surface area (Å²) in [6.45, 7) is 0. The highest BCUT2D eigenvalue weighted by Crippen LogP contribution is 2.24. The molecule has 1 amide bonds. The highest BCUT2D eigenvalue weighted by Gasteiger charge is 2.26. The monoisotopic (exact) mass is 295 g/mol. The topological polar surface area (TPSA) is 132 Å². The van der Waals surface area contributed by atoms with Gasteiger partial charge in [0, 0.05) is 17.8 Å². The SMILES string of the molecule is O=C(Cc1cc(=O)[nH]c(=O)[nH]1)NC1CCC(C(=O)O)CC1. The van der Waals surface area contributed by atoms with E-state index in [0.29, 0.717) is 25.7 Å². The van der Waals surface area contributed by atoms with Crippen LogP contribution in [0.25, 0.3) is 0 Å². The van der Waals surface area contributed by atoms with E-state index in [2.05, 4.69) is 10.3 Å². The molecule has 1 aliphatic carbocycles. The molecule has 0 unspecified atom stereocenters. The standard InChI is InChI=1S/C13H17N3O5/c17-10(5-9-6-11(18)16-13(21)15-9)14-8-3-1-7(2-4-8)12(19)20/h6-8H,1-5H2,(H,14,17)(H,19,20)(H2,15,16,18,21). The van der Waals surface area contributed by atoms with Crippen LogP contribution >= 0.6 is 0 Å². The van der Waals surface area contributed by atoms with Crippen molar-refractivity contribution in [3.8, 4) is 0 Å². The molecule has 0 aliphatic heterocycles. The van der Waals surface area contributed by atoms with Crippen molar-refractivity contribution < 1.29 is 14.7 Å². The largest absolute Gasteiger partial charge is 0.481 e. The number of carbonyl (C=O) groups is 2. The van der Waals surface area contributed by atoms with Crippen molar-refractivity contribution in [1.82, 2.24) is 15.3 Å². The predicted octanol–water partition coefficient (Wildman–Crippen LogP) is -0.635. The number of aromatic nitrogens is 2. The molecular weight excluding hydrogens is 278 g/mol. The summed E-state index contributed by atoms with van der Waals surface area (Å²) in [4.78, 5) is 49.3. The fourth-order valence-corrected chi connectivity index (χ4v) is 2.55. The van der Waals surface area contributed by atoms with Crippen molar-refractivity contribution >= 4 is 11.9 Å². The van der Waals surface area contributed by atoms with Crippen molar-refractivity contribution in [3.63, 3.8) is 0 Å². The van der Waals surface area contributed by atoms with Crippen LogP contribution in [0.15, 0.2) is 15.7 Å². The van der Waals surface area contributed by atoms with E-state index >= 15 is 0 Å². The molecule has 0 spiro atoms. The maximum Gasteiger partial charge on any atom is 0.325 e. The third-order valence-electron chi connectivity index (χ3n) is 3.61. The first-order valence-corrected chi connectivity index (χ1v) is 6.78. The molecule has 1 aliphatic rings. The molecule has 1 aromatic heterocycles. The van der Waals surface area contributed by atoms with Gasteiger partial charge in [-0.2, -0.15) is 0 Å². The fraction of sp³-hybridized carbons (Fsp3) is 0.538. The molecule has 0 saturated heterocycles. The minimum atomic E-state index is -0.791. The third kappa shape index (κ3) is 4.30. The van der Waals surface area contributed by atoms with Gasteiger partial charge in [0.25, 0.3) is 5.56 Å². The number of aromatic amines is 2. The van der Waals surface area contributed by atoms with Crippen LogP contribution in [-0.4, -0.2) is 33.0 Å². The number of amides is 1. The Kier molecular flexibility index (Phi) is 4.56. The van der Waals surface area contributed by atoms with Crippen LogP contribution in [0.3, 0.4) is 0 Å². The molecule has 4 N–H and O–H groups in total. The zero-order valence-corrected chi connectivity index (χ0v) is 11.3. The Bertz CT molecular complexity index is 611. The normalized spacial score (nSPS) is 21.7. The second-order valence-electron chi connectivity index (χ2n) is 5.24. The number of hydrogen-bond acceptors (Lipinski definition) is 4. The summed E-state index contributed by atoms with van der Waals surface area (Å²) in [6.07, 6.45) is 2.24. The van der Waals surface area contributed by atoms with Gasteiger partial charge in [-0.05, 0) is 25.7 Å². The van der Waals surface area contributed by atoms with E-state index < -0.39 is 17.2 Å².